The molecule has 0 radical (unpaired) electrons. The molecule has 0 heterocycles. The lowest BCUT2D eigenvalue weighted by Gasteiger charge is -2.30. The third-order valence-electron chi connectivity index (χ3n) is 3.11. The molecule has 0 aliphatic carbocycles. The van der Waals surface area contributed by atoms with Gasteiger partial charge >= 0.3 is 6.18 Å². The highest BCUT2D eigenvalue weighted by Gasteiger charge is 2.31. The van der Waals surface area contributed by atoms with E-state index in [0.29, 0.717) is 5.69 Å². The quantitative estimate of drug-likeness (QED) is 0.835. The van der Waals surface area contributed by atoms with Gasteiger partial charge in [-0.3, -0.25) is 0 Å². The first-order chi connectivity index (χ1) is 8.81. The zero-order valence-corrected chi connectivity index (χ0v) is 12.1. The predicted molar refractivity (Wildman–Crippen MR) is 76.7 cm³/mol. The Hall–Kier alpha value is -1.04. The van der Waals surface area contributed by atoms with Gasteiger partial charge in [0.25, 0.3) is 0 Å². The molecule has 0 spiro atoms. The Morgan fingerprint density at radius 1 is 1.37 bits per heavy atom. The molecular formula is C13H19F3N2S. The molecule has 0 aliphatic heterocycles. The predicted octanol–water partition coefficient (Wildman–Crippen LogP) is 3.87. The van der Waals surface area contributed by atoms with Gasteiger partial charge in [-0.25, -0.2) is 0 Å². The van der Waals surface area contributed by atoms with Crippen LogP contribution in [-0.2, 0) is 6.18 Å². The molecule has 0 saturated carbocycles. The fourth-order valence-corrected chi connectivity index (χ4v) is 2.79. The number of nitrogens with two attached hydrogens (primary N) is 1. The van der Waals surface area contributed by atoms with Gasteiger partial charge < -0.3 is 10.6 Å². The van der Waals surface area contributed by atoms with Crippen molar-refractivity contribution in [3.8, 4) is 0 Å². The van der Waals surface area contributed by atoms with E-state index in [9.17, 15) is 13.2 Å². The van der Waals surface area contributed by atoms with Crippen LogP contribution in [0.3, 0.4) is 0 Å². The molecule has 0 aliphatic rings. The summed E-state index contributed by atoms with van der Waals surface area (Å²) < 4.78 is 37.7. The van der Waals surface area contributed by atoms with Crippen LogP contribution in [0.5, 0.6) is 0 Å². The van der Waals surface area contributed by atoms with Crippen LogP contribution in [0.4, 0.5) is 24.5 Å². The molecule has 1 aromatic carbocycles. The average molecular weight is 292 g/mol. The standard InChI is InChI=1S/C13H19F3N2S/c1-4-10(8-19-3)18(2)12-6-5-9(7-11(12)17)13(14,15)16/h5-7,10H,4,8,17H2,1-3H3. The Morgan fingerprint density at radius 3 is 2.42 bits per heavy atom. The summed E-state index contributed by atoms with van der Waals surface area (Å²) in [6.07, 6.45) is -1.43. The largest absolute Gasteiger partial charge is 0.416 e. The fraction of sp³-hybridized carbons (Fsp3) is 0.538. The van der Waals surface area contributed by atoms with E-state index >= 15 is 0 Å². The number of thioether (sulfide) groups is 1. The summed E-state index contributed by atoms with van der Waals surface area (Å²) in [4.78, 5) is 1.95. The molecule has 0 aromatic heterocycles. The Labute approximate surface area is 116 Å². The lowest BCUT2D eigenvalue weighted by atomic mass is 10.1. The van der Waals surface area contributed by atoms with E-state index < -0.39 is 11.7 Å². The maximum Gasteiger partial charge on any atom is 0.416 e. The number of rotatable bonds is 5. The fourth-order valence-electron chi connectivity index (χ4n) is 1.94. The molecule has 1 rings (SSSR count). The molecule has 0 amide bonds. The van der Waals surface area contributed by atoms with Crippen molar-refractivity contribution < 1.29 is 13.2 Å². The lowest BCUT2D eigenvalue weighted by Crippen LogP contribution is -2.33. The maximum absolute atomic E-state index is 12.6. The minimum atomic E-state index is -4.35. The van der Waals surface area contributed by atoms with Gasteiger partial charge in [-0.15, -0.1) is 0 Å². The Morgan fingerprint density at radius 2 is 2.00 bits per heavy atom. The molecule has 0 bridgehead atoms. The second kappa shape index (κ2) is 6.41. The van der Waals surface area contributed by atoms with Gasteiger partial charge in [-0.1, -0.05) is 6.92 Å². The van der Waals surface area contributed by atoms with Crippen molar-refractivity contribution in [3.63, 3.8) is 0 Å². The van der Waals surface area contributed by atoms with Gasteiger partial charge in [0.2, 0.25) is 0 Å². The van der Waals surface area contributed by atoms with Gasteiger partial charge in [-0.05, 0) is 30.9 Å². The molecular weight excluding hydrogens is 273 g/mol. The van der Waals surface area contributed by atoms with Crippen LogP contribution in [-0.4, -0.2) is 25.1 Å². The van der Waals surface area contributed by atoms with Crippen LogP contribution in [0.15, 0.2) is 18.2 Å². The van der Waals surface area contributed by atoms with E-state index in [-0.39, 0.29) is 11.7 Å². The lowest BCUT2D eigenvalue weighted by molar-refractivity contribution is -0.137. The summed E-state index contributed by atoms with van der Waals surface area (Å²) in [5.41, 5.74) is 5.86. The molecule has 0 fully saturated rings. The van der Waals surface area contributed by atoms with Gasteiger partial charge in [-0.2, -0.15) is 24.9 Å². The number of hydrogen-bond acceptors (Lipinski definition) is 3. The Kier molecular flexibility index (Phi) is 5.40. The van der Waals surface area contributed by atoms with E-state index in [0.717, 1.165) is 24.3 Å². The van der Waals surface area contributed by atoms with Crippen molar-refractivity contribution in [3.05, 3.63) is 23.8 Å². The normalized spacial score (nSPS) is 13.4. The van der Waals surface area contributed by atoms with Gasteiger partial charge in [0.1, 0.15) is 0 Å². The molecule has 6 heteroatoms. The van der Waals surface area contributed by atoms with Crippen molar-refractivity contribution in [2.45, 2.75) is 25.6 Å². The Bertz CT molecular complexity index is 421. The second-order valence-corrected chi connectivity index (χ2v) is 5.31. The van der Waals surface area contributed by atoms with E-state index in [1.165, 1.54) is 6.07 Å². The number of nitrogen functional groups attached to an aromatic ring is 1. The first-order valence-electron chi connectivity index (χ1n) is 5.99. The zero-order valence-electron chi connectivity index (χ0n) is 11.3. The summed E-state index contributed by atoms with van der Waals surface area (Å²) in [5, 5.41) is 0. The van der Waals surface area contributed by atoms with E-state index in [1.54, 1.807) is 11.8 Å². The number of anilines is 2. The maximum atomic E-state index is 12.6. The van der Waals surface area contributed by atoms with Crippen molar-refractivity contribution in [2.75, 3.05) is 29.7 Å². The van der Waals surface area contributed by atoms with Crippen LogP contribution >= 0.6 is 11.8 Å². The highest BCUT2D eigenvalue weighted by atomic mass is 32.2. The highest BCUT2D eigenvalue weighted by Crippen LogP contribution is 2.34. The van der Waals surface area contributed by atoms with Crippen molar-refractivity contribution in [2.24, 2.45) is 0 Å². The van der Waals surface area contributed by atoms with Crippen molar-refractivity contribution in [1.29, 1.82) is 0 Å². The van der Waals surface area contributed by atoms with Gasteiger partial charge in [0.05, 0.1) is 16.9 Å². The van der Waals surface area contributed by atoms with Gasteiger partial charge in [0, 0.05) is 18.8 Å². The summed E-state index contributed by atoms with van der Waals surface area (Å²) >= 11 is 1.71. The molecule has 2 N–H and O–H groups in total. The number of nitrogens with zero attached hydrogens (tertiary/aromatic N) is 1. The molecule has 1 unspecified atom stereocenters. The minimum Gasteiger partial charge on any atom is -0.397 e. The summed E-state index contributed by atoms with van der Waals surface area (Å²) in [5.74, 6) is 0.910. The molecule has 19 heavy (non-hydrogen) atoms. The average Bonchev–Trinajstić information content (AvgIpc) is 2.34. The topological polar surface area (TPSA) is 29.3 Å². The minimum absolute atomic E-state index is 0.164. The third-order valence-corrected chi connectivity index (χ3v) is 3.83. The van der Waals surface area contributed by atoms with E-state index in [1.807, 2.05) is 18.2 Å². The van der Waals surface area contributed by atoms with E-state index in [2.05, 4.69) is 6.92 Å². The SMILES string of the molecule is CCC(CSC)N(C)c1ccc(C(F)(F)F)cc1N. The van der Waals surface area contributed by atoms with Crippen LogP contribution in [0.1, 0.15) is 18.9 Å². The number of hydrogen-bond donors (Lipinski definition) is 1. The Balaban J connectivity index is 3.02. The highest BCUT2D eigenvalue weighted by molar-refractivity contribution is 7.98. The monoisotopic (exact) mass is 292 g/mol. The number of halogens is 3. The third kappa shape index (κ3) is 3.96. The number of benzene rings is 1. The van der Waals surface area contributed by atoms with Crippen LogP contribution in [0.2, 0.25) is 0 Å². The van der Waals surface area contributed by atoms with Crippen molar-refractivity contribution >= 4 is 23.1 Å². The first kappa shape index (κ1) is 16.0. The second-order valence-electron chi connectivity index (χ2n) is 4.40. The van der Waals surface area contributed by atoms with E-state index in [4.69, 9.17) is 5.73 Å². The van der Waals surface area contributed by atoms with Crippen molar-refractivity contribution in [1.82, 2.24) is 0 Å². The smallest absolute Gasteiger partial charge is 0.397 e. The first-order valence-corrected chi connectivity index (χ1v) is 7.39. The molecule has 1 aromatic rings. The van der Waals surface area contributed by atoms with Gasteiger partial charge in [0.15, 0.2) is 0 Å². The molecule has 1 atom stereocenters. The molecule has 108 valence electrons. The zero-order chi connectivity index (χ0) is 14.6. The molecule has 0 saturated heterocycles. The summed E-state index contributed by atoms with van der Waals surface area (Å²) in [7, 11) is 1.86. The number of alkyl halides is 3. The van der Waals surface area contributed by atoms with Crippen LogP contribution in [0, 0.1) is 0 Å². The summed E-state index contributed by atoms with van der Waals surface area (Å²) in [6, 6.07) is 3.78. The summed E-state index contributed by atoms with van der Waals surface area (Å²) in [6.45, 7) is 2.05. The van der Waals surface area contributed by atoms with Crippen LogP contribution < -0.4 is 10.6 Å². The molecule has 2 nitrogen and oxygen atoms in total. The van der Waals surface area contributed by atoms with Crippen LogP contribution in [0.25, 0.3) is 0 Å².